The summed E-state index contributed by atoms with van der Waals surface area (Å²) < 4.78 is 12.1. The Hall–Kier alpha value is -0.870. The summed E-state index contributed by atoms with van der Waals surface area (Å²) in [7, 11) is 0. The van der Waals surface area contributed by atoms with Gasteiger partial charge in [0.25, 0.3) is 0 Å². The van der Waals surface area contributed by atoms with Crippen LogP contribution in [0.1, 0.15) is 29.6 Å². The first kappa shape index (κ1) is 12.6. The summed E-state index contributed by atoms with van der Waals surface area (Å²) in [5.41, 5.74) is 0.637. The van der Waals surface area contributed by atoms with E-state index in [4.69, 9.17) is 9.47 Å². The summed E-state index contributed by atoms with van der Waals surface area (Å²) in [4.78, 5) is 10.6. The molecule has 1 saturated heterocycles. The van der Waals surface area contributed by atoms with E-state index in [1.807, 2.05) is 0 Å². The van der Waals surface area contributed by atoms with Crippen molar-refractivity contribution in [3.05, 3.63) is 28.2 Å². The van der Waals surface area contributed by atoms with Crippen molar-refractivity contribution in [1.82, 2.24) is 0 Å². The number of rotatable bonds is 4. The van der Waals surface area contributed by atoms with Crippen molar-refractivity contribution in [2.45, 2.75) is 25.4 Å². The van der Waals surface area contributed by atoms with Gasteiger partial charge in [-0.15, -0.1) is 0 Å². The number of hydrogen-bond acceptors (Lipinski definition) is 3. The molecule has 1 heterocycles. The molecule has 0 aliphatic carbocycles. The van der Waals surface area contributed by atoms with Crippen molar-refractivity contribution in [2.24, 2.45) is 0 Å². The molecule has 0 unspecified atom stereocenters. The lowest BCUT2D eigenvalue weighted by molar-refractivity contribution is -0.0112. The van der Waals surface area contributed by atoms with E-state index in [2.05, 4.69) is 15.9 Å². The molecule has 17 heavy (non-hydrogen) atoms. The third-order valence-corrected chi connectivity index (χ3v) is 3.41. The molecule has 0 bridgehead atoms. The molecule has 0 spiro atoms. The molecule has 1 aromatic carbocycles. The molecule has 1 aliphatic rings. The predicted octanol–water partition coefficient (Wildman–Crippen LogP) is 3.21. The van der Waals surface area contributed by atoms with Gasteiger partial charge < -0.3 is 9.47 Å². The molecule has 2 rings (SSSR count). The minimum atomic E-state index is 0.196. The zero-order valence-corrected chi connectivity index (χ0v) is 11.1. The van der Waals surface area contributed by atoms with Gasteiger partial charge in [0.2, 0.25) is 0 Å². The van der Waals surface area contributed by atoms with Gasteiger partial charge in [0.05, 0.1) is 10.6 Å². The second kappa shape index (κ2) is 6.17. The topological polar surface area (TPSA) is 35.5 Å². The van der Waals surface area contributed by atoms with Crippen LogP contribution in [-0.2, 0) is 4.74 Å². The molecule has 1 fully saturated rings. The monoisotopic (exact) mass is 298 g/mol. The Morgan fingerprint density at radius 3 is 3.00 bits per heavy atom. The van der Waals surface area contributed by atoms with Crippen LogP contribution >= 0.6 is 15.9 Å². The summed E-state index contributed by atoms with van der Waals surface area (Å²) in [5, 5.41) is 0. The van der Waals surface area contributed by atoms with Gasteiger partial charge in [-0.25, -0.2) is 0 Å². The van der Waals surface area contributed by atoms with Crippen molar-refractivity contribution >= 4 is 22.2 Å². The fourth-order valence-electron chi connectivity index (χ4n) is 1.83. The Bertz CT molecular complexity index is 386. The number of carbonyl (C=O) groups excluding carboxylic acids is 1. The maximum atomic E-state index is 10.6. The van der Waals surface area contributed by atoms with Crippen LogP contribution in [-0.4, -0.2) is 25.6 Å². The molecule has 0 saturated carbocycles. The summed E-state index contributed by atoms with van der Waals surface area (Å²) >= 11 is 3.39. The Morgan fingerprint density at radius 1 is 1.47 bits per heavy atom. The van der Waals surface area contributed by atoms with Gasteiger partial charge in [0.15, 0.2) is 0 Å². The fraction of sp³-hybridized carbons (Fsp3) is 0.462. The highest BCUT2D eigenvalue weighted by atomic mass is 79.9. The van der Waals surface area contributed by atoms with E-state index in [0.29, 0.717) is 12.2 Å². The van der Waals surface area contributed by atoms with Crippen LogP contribution in [0.15, 0.2) is 22.7 Å². The van der Waals surface area contributed by atoms with Crippen LogP contribution in [0, 0.1) is 0 Å². The van der Waals surface area contributed by atoms with E-state index in [1.165, 1.54) is 6.42 Å². The summed E-state index contributed by atoms with van der Waals surface area (Å²) in [6.07, 6.45) is 4.43. The Morgan fingerprint density at radius 2 is 2.35 bits per heavy atom. The number of benzene rings is 1. The normalized spacial score (nSPS) is 19.9. The van der Waals surface area contributed by atoms with Gasteiger partial charge in [-0.2, -0.15) is 0 Å². The number of carbonyl (C=O) groups is 1. The van der Waals surface area contributed by atoms with Crippen molar-refractivity contribution in [1.29, 1.82) is 0 Å². The van der Waals surface area contributed by atoms with Gasteiger partial charge in [0, 0.05) is 12.2 Å². The number of aldehydes is 1. The lowest BCUT2D eigenvalue weighted by Gasteiger charge is -2.22. The molecular formula is C13H15BrO3. The van der Waals surface area contributed by atoms with E-state index in [1.54, 1.807) is 18.2 Å². The third kappa shape index (κ3) is 3.54. The van der Waals surface area contributed by atoms with Gasteiger partial charge in [-0.1, -0.05) is 0 Å². The van der Waals surface area contributed by atoms with E-state index in [-0.39, 0.29) is 6.10 Å². The fourth-order valence-corrected chi connectivity index (χ4v) is 2.34. The molecule has 0 amide bonds. The SMILES string of the molecule is O=Cc1ccc(OC[C@H]2CCCCO2)c(Br)c1. The average Bonchev–Trinajstić information content (AvgIpc) is 2.38. The Kier molecular flexibility index (Phi) is 4.57. The quantitative estimate of drug-likeness (QED) is 0.801. The molecule has 1 atom stereocenters. The highest BCUT2D eigenvalue weighted by molar-refractivity contribution is 9.10. The maximum Gasteiger partial charge on any atom is 0.150 e. The zero-order valence-electron chi connectivity index (χ0n) is 9.52. The minimum absolute atomic E-state index is 0.196. The smallest absolute Gasteiger partial charge is 0.150 e. The maximum absolute atomic E-state index is 10.6. The zero-order chi connectivity index (χ0) is 12.1. The van der Waals surface area contributed by atoms with E-state index in [0.717, 1.165) is 36.0 Å². The highest BCUT2D eigenvalue weighted by Crippen LogP contribution is 2.26. The number of hydrogen-bond donors (Lipinski definition) is 0. The van der Waals surface area contributed by atoms with E-state index >= 15 is 0 Å². The molecule has 3 nitrogen and oxygen atoms in total. The molecule has 1 aliphatic heterocycles. The molecular weight excluding hydrogens is 284 g/mol. The lowest BCUT2D eigenvalue weighted by atomic mass is 10.1. The Balaban J connectivity index is 1.91. The van der Waals surface area contributed by atoms with Crippen LogP contribution in [0.25, 0.3) is 0 Å². The molecule has 0 N–H and O–H groups in total. The second-order valence-corrected chi connectivity index (χ2v) is 4.96. The van der Waals surface area contributed by atoms with Gasteiger partial charge in [0.1, 0.15) is 18.6 Å². The minimum Gasteiger partial charge on any atom is -0.490 e. The van der Waals surface area contributed by atoms with Gasteiger partial charge in [-0.05, 0) is 53.4 Å². The molecule has 92 valence electrons. The van der Waals surface area contributed by atoms with Crippen LogP contribution in [0.2, 0.25) is 0 Å². The molecule has 0 radical (unpaired) electrons. The standard InChI is InChI=1S/C13H15BrO3/c14-12-7-10(8-15)4-5-13(12)17-9-11-3-1-2-6-16-11/h4-5,7-8,11H,1-3,6,9H2/t11-/m1/s1. The van der Waals surface area contributed by atoms with Crippen LogP contribution < -0.4 is 4.74 Å². The van der Waals surface area contributed by atoms with Crippen molar-refractivity contribution in [3.63, 3.8) is 0 Å². The largest absolute Gasteiger partial charge is 0.490 e. The number of halogens is 1. The van der Waals surface area contributed by atoms with Crippen molar-refractivity contribution in [3.8, 4) is 5.75 Å². The van der Waals surface area contributed by atoms with Crippen LogP contribution in [0.3, 0.4) is 0 Å². The predicted molar refractivity (Wildman–Crippen MR) is 68.6 cm³/mol. The first-order chi connectivity index (χ1) is 8.29. The average molecular weight is 299 g/mol. The first-order valence-corrected chi connectivity index (χ1v) is 6.58. The van der Waals surface area contributed by atoms with Gasteiger partial charge in [-0.3, -0.25) is 4.79 Å². The lowest BCUT2D eigenvalue weighted by Crippen LogP contribution is -2.25. The summed E-state index contributed by atoms with van der Waals surface area (Å²) in [6, 6.07) is 5.30. The second-order valence-electron chi connectivity index (χ2n) is 4.11. The van der Waals surface area contributed by atoms with Crippen LogP contribution in [0.4, 0.5) is 0 Å². The summed E-state index contributed by atoms with van der Waals surface area (Å²) in [5.74, 6) is 0.754. The summed E-state index contributed by atoms with van der Waals surface area (Å²) in [6.45, 7) is 1.40. The third-order valence-electron chi connectivity index (χ3n) is 2.79. The van der Waals surface area contributed by atoms with Crippen molar-refractivity contribution in [2.75, 3.05) is 13.2 Å². The molecule has 0 aromatic heterocycles. The molecule has 4 heteroatoms. The highest BCUT2D eigenvalue weighted by Gasteiger charge is 2.15. The number of ether oxygens (including phenoxy) is 2. The first-order valence-electron chi connectivity index (χ1n) is 5.79. The van der Waals surface area contributed by atoms with Crippen molar-refractivity contribution < 1.29 is 14.3 Å². The van der Waals surface area contributed by atoms with Gasteiger partial charge >= 0.3 is 0 Å². The Labute approximate surface area is 109 Å². The van der Waals surface area contributed by atoms with E-state index < -0.39 is 0 Å². The molecule has 1 aromatic rings. The van der Waals surface area contributed by atoms with Crippen LogP contribution in [0.5, 0.6) is 5.75 Å². The van der Waals surface area contributed by atoms with E-state index in [9.17, 15) is 4.79 Å².